The van der Waals surface area contributed by atoms with Crippen molar-refractivity contribution in [1.82, 2.24) is 0 Å². The van der Waals surface area contributed by atoms with Gasteiger partial charge in [0.2, 0.25) is 0 Å². The summed E-state index contributed by atoms with van der Waals surface area (Å²) in [4.78, 5) is 0. The molecule has 0 aliphatic carbocycles. The molecule has 0 unspecified atom stereocenters. The van der Waals surface area contributed by atoms with Gasteiger partial charge in [-0.15, -0.1) is 0 Å². The molecule has 17 aromatic rings. The smallest absolute Gasteiger partial charge is 0.00139 e. The van der Waals surface area contributed by atoms with Gasteiger partial charge in [0.05, 0.1) is 0 Å². The van der Waals surface area contributed by atoms with Gasteiger partial charge in [0, 0.05) is 0 Å². The van der Waals surface area contributed by atoms with E-state index in [1.54, 1.807) is 0 Å². The van der Waals surface area contributed by atoms with Crippen molar-refractivity contribution in [2.24, 2.45) is 0 Å². The Hall–Kier alpha value is -10.9. The molecule has 0 fully saturated rings. The molecule has 0 radical (unpaired) electrons. The van der Waals surface area contributed by atoms with E-state index in [2.05, 4.69) is 315 Å². The Morgan fingerprint density at radius 3 is 0.607 bits per heavy atom. The second-order valence-corrected chi connectivity index (χ2v) is 22.5. The number of benzene rings is 17. The van der Waals surface area contributed by atoms with Crippen molar-refractivity contribution in [3.05, 3.63) is 315 Å². The van der Waals surface area contributed by atoms with Crippen LogP contribution >= 0.6 is 0 Å². The highest BCUT2D eigenvalue weighted by atomic mass is 14.2. The lowest BCUT2D eigenvalue weighted by molar-refractivity contribution is 1.61. The first kappa shape index (κ1) is 47.8. The monoisotopic (exact) mass is 1060 g/mol. The Kier molecular flexibility index (Phi) is 11.0. The molecule has 17 aromatic carbocycles. The van der Waals surface area contributed by atoms with Crippen molar-refractivity contribution in [2.45, 2.75) is 0 Å². The SMILES string of the molecule is c1ccc(-c2ccc(-c3c4ccccc4c(-c4ccc(-c5ccc6c(c5)c5ccccc5c5c7ccc(-c8ccc(-c9c%10ccccc%10c(-c%10ccccc%10)c%10ccccc9%10)cc8)cc7c7ccccc7c65)cc4)c4ccccc34)cc2)cc1. The standard InChI is InChI=1S/C84H52/c1-3-19-53(20-4-1)54-35-41-58(42-36-54)80-71-31-15-17-33-73(71)82(74-34-18-16-32-72(74)80)60-45-39-56(40-46-60)62-48-50-76-78(52-62)64-24-8-10-26-66(64)83-75-49-47-61(51-77(75)63-23-7-9-25-65(63)84(76)83)55-37-43-59(44-38-55)81-69-29-13-11-27-67(69)79(57-21-5-2-6-22-57)68-28-12-14-30-70(68)81/h1-52H. The molecule has 0 saturated heterocycles. The number of rotatable bonds is 7. The maximum Gasteiger partial charge on any atom is -0.00139 e. The molecule has 0 aliphatic rings. The van der Waals surface area contributed by atoms with Gasteiger partial charge in [-0.1, -0.05) is 303 Å². The first-order chi connectivity index (χ1) is 41.7. The first-order valence-electron chi connectivity index (χ1n) is 29.2. The molecule has 0 amide bonds. The van der Waals surface area contributed by atoms with E-state index in [4.69, 9.17) is 0 Å². The van der Waals surface area contributed by atoms with Crippen LogP contribution in [0.4, 0.5) is 0 Å². The normalized spacial score (nSPS) is 11.8. The lowest BCUT2D eigenvalue weighted by Crippen LogP contribution is -1.91. The van der Waals surface area contributed by atoms with Gasteiger partial charge in [-0.25, -0.2) is 0 Å². The van der Waals surface area contributed by atoms with Gasteiger partial charge in [0.25, 0.3) is 0 Å². The fourth-order valence-corrected chi connectivity index (χ4v) is 14.3. The zero-order chi connectivity index (χ0) is 55.2. The Bertz CT molecular complexity index is 5370. The van der Waals surface area contributed by atoms with Gasteiger partial charge in [-0.3, -0.25) is 0 Å². The Morgan fingerprint density at radius 2 is 0.298 bits per heavy atom. The second-order valence-electron chi connectivity index (χ2n) is 22.5. The largest absolute Gasteiger partial charge is 0.0622 e. The van der Waals surface area contributed by atoms with E-state index < -0.39 is 0 Å². The average Bonchev–Trinajstić information content (AvgIpc) is 1.60. The van der Waals surface area contributed by atoms with E-state index in [-0.39, 0.29) is 0 Å². The maximum absolute atomic E-state index is 2.43. The van der Waals surface area contributed by atoms with Crippen molar-refractivity contribution in [3.8, 4) is 77.9 Å². The molecule has 0 aromatic heterocycles. The lowest BCUT2D eigenvalue weighted by atomic mass is 9.84. The molecule has 0 atom stereocenters. The summed E-state index contributed by atoms with van der Waals surface area (Å²) in [5, 5.41) is 22.8. The molecule has 0 aliphatic heterocycles. The van der Waals surface area contributed by atoms with E-state index >= 15 is 0 Å². The molecule has 17 rings (SSSR count). The molecular formula is C84H52. The van der Waals surface area contributed by atoms with Crippen LogP contribution in [0.1, 0.15) is 0 Å². The third kappa shape index (κ3) is 7.55. The Labute approximate surface area is 487 Å². The van der Waals surface area contributed by atoms with Crippen LogP contribution in [0.5, 0.6) is 0 Å². The number of hydrogen-bond acceptors (Lipinski definition) is 0. The van der Waals surface area contributed by atoms with Crippen LogP contribution in [0, 0.1) is 0 Å². The predicted octanol–water partition coefficient (Wildman–Crippen LogP) is 23.7. The van der Waals surface area contributed by atoms with Crippen LogP contribution in [0.3, 0.4) is 0 Å². The molecule has 0 spiro atoms. The molecule has 0 heterocycles. The highest BCUT2D eigenvalue weighted by Crippen LogP contribution is 2.49. The first-order valence-corrected chi connectivity index (χ1v) is 29.2. The summed E-state index contributed by atoms with van der Waals surface area (Å²) in [6.45, 7) is 0. The minimum absolute atomic E-state index is 1.19. The zero-order valence-corrected chi connectivity index (χ0v) is 46.0. The van der Waals surface area contributed by atoms with Crippen molar-refractivity contribution < 1.29 is 0 Å². The minimum Gasteiger partial charge on any atom is -0.0622 e. The van der Waals surface area contributed by atoms with Gasteiger partial charge in [0.15, 0.2) is 0 Å². The third-order valence-corrected chi connectivity index (χ3v) is 18.0. The topological polar surface area (TPSA) is 0 Å². The molecule has 0 saturated carbocycles. The molecule has 0 heteroatoms. The Balaban J connectivity index is 0.760. The van der Waals surface area contributed by atoms with Gasteiger partial charge in [-0.05, 0) is 187 Å². The van der Waals surface area contributed by atoms with Crippen LogP contribution in [0.25, 0.3) is 175 Å². The van der Waals surface area contributed by atoms with Crippen molar-refractivity contribution in [3.63, 3.8) is 0 Å². The van der Waals surface area contributed by atoms with Crippen LogP contribution in [0.15, 0.2) is 315 Å². The molecule has 388 valence electrons. The fraction of sp³-hybridized carbons (Fsp3) is 0. The summed E-state index contributed by atoms with van der Waals surface area (Å²) in [7, 11) is 0. The molecule has 84 heavy (non-hydrogen) atoms. The highest BCUT2D eigenvalue weighted by Gasteiger charge is 2.21. The molecule has 0 bridgehead atoms. The van der Waals surface area contributed by atoms with Crippen molar-refractivity contribution in [2.75, 3.05) is 0 Å². The summed E-state index contributed by atoms with van der Waals surface area (Å²) in [6, 6.07) is 117. The quantitative estimate of drug-likeness (QED) is 0.110. The van der Waals surface area contributed by atoms with E-state index in [1.807, 2.05) is 0 Å². The summed E-state index contributed by atoms with van der Waals surface area (Å²) in [5.74, 6) is 0. The Morgan fingerprint density at radius 1 is 0.107 bits per heavy atom. The molecule has 0 nitrogen and oxygen atoms in total. The molecular weight excluding hydrogens is 1010 g/mol. The van der Waals surface area contributed by atoms with E-state index in [1.165, 1.54) is 175 Å². The van der Waals surface area contributed by atoms with E-state index in [0.717, 1.165) is 0 Å². The van der Waals surface area contributed by atoms with E-state index in [0.29, 0.717) is 0 Å². The van der Waals surface area contributed by atoms with Gasteiger partial charge < -0.3 is 0 Å². The number of hydrogen-bond donors (Lipinski definition) is 0. The minimum atomic E-state index is 1.19. The summed E-state index contributed by atoms with van der Waals surface area (Å²) in [6.07, 6.45) is 0. The fourth-order valence-electron chi connectivity index (χ4n) is 14.3. The predicted molar refractivity (Wildman–Crippen MR) is 362 cm³/mol. The zero-order valence-electron chi connectivity index (χ0n) is 46.0. The number of fused-ring (bicyclic) bond motifs is 15. The summed E-state index contributed by atoms with van der Waals surface area (Å²) < 4.78 is 0. The highest BCUT2D eigenvalue weighted by molar-refractivity contribution is 6.40. The summed E-state index contributed by atoms with van der Waals surface area (Å²) >= 11 is 0. The molecule has 0 N–H and O–H groups in total. The van der Waals surface area contributed by atoms with Crippen molar-refractivity contribution >= 4 is 97.0 Å². The van der Waals surface area contributed by atoms with Gasteiger partial charge >= 0.3 is 0 Å². The van der Waals surface area contributed by atoms with Crippen LogP contribution in [0.2, 0.25) is 0 Å². The second kappa shape index (κ2) is 19.4. The third-order valence-electron chi connectivity index (χ3n) is 18.0. The van der Waals surface area contributed by atoms with Crippen LogP contribution in [-0.2, 0) is 0 Å². The van der Waals surface area contributed by atoms with E-state index in [9.17, 15) is 0 Å². The maximum atomic E-state index is 2.43. The van der Waals surface area contributed by atoms with Crippen molar-refractivity contribution in [1.29, 1.82) is 0 Å². The van der Waals surface area contributed by atoms with Crippen LogP contribution < -0.4 is 0 Å². The summed E-state index contributed by atoms with van der Waals surface area (Å²) in [5.41, 5.74) is 17.2. The van der Waals surface area contributed by atoms with Gasteiger partial charge in [-0.2, -0.15) is 0 Å². The average molecular weight is 1060 g/mol. The lowest BCUT2D eigenvalue weighted by Gasteiger charge is -2.19. The van der Waals surface area contributed by atoms with Gasteiger partial charge in [0.1, 0.15) is 0 Å². The van der Waals surface area contributed by atoms with Crippen LogP contribution in [-0.4, -0.2) is 0 Å².